The highest BCUT2D eigenvalue weighted by Gasteiger charge is 2.13. The molecule has 0 aliphatic rings. The van der Waals surface area contributed by atoms with Gasteiger partial charge in [-0.3, -0.25) is 4.79 Å². The molecule has 2 N–H and O–H groups in total. The second-order valence-electron chi connectivity index (χ2n) is 3.67. The summed E-state index contributed by atoms with van der Waals surface area (Å²) in [6.07, 6.45) is 8.00. The number of allylic oxidation sites excluding steroid dienone is 3. The molecule has 0 heterocycles. The van der Waals surface area contributed by atoms with Gasteiger partial charge < -0.3 is 5.73 Å². The molecule has 2 atom stereocenters. The number of rotatable bonds is 7. The van der Waals surface area contributed by atoms with Crippen LogP contribution in [0.1, 0.15) is 33.1 Å². The first-order chi connectivity index (χ1) is 6.61. The van der Waals surface area contributed by atoms with Crippen molar-refractivity contribution in [3.05, 3.63) is 24.8 Å². The number of hydrogen-bond donors (Lipinski definition) is 1. The first kappa shape index (κ1) is 13.1. The van der Waals surface area contributed by atoms with Crippen molar-refractivity contribution < 1.29 is 4.79 Å². The molecule has 80 valence electrons. The lowest BCUT2D eigenvalue weighted by atomic mass is 9.95. The SMILES string of the molecule is C=C/C=C\CC(C)C[C@H](N)C(=O)CC. The molecule has 0 saturated heterocycles. The van der Waals surface area contributed by atoms with E-state index in [4.69, 9.17) is 5.73 Å². The molecule has 0 aromatic rings. The highest BCUT2D eigenvalue weighted by atomic mass is 16.1. The molecule has 0 amide bonds. The highest BCUT2D eigenvalue weighted by Crippen LogP contribution is 2.11. The largest absolute Gasteiger partial charge is 0.322 e. The Morgan fingerprint density at radius 1 is 1.57 bits per heavy atom. The molecule has 2 nitrogen and oxygen atoms in total. The Bertz CT molecular complexity index is 208. The van der Waals surface area contributed by atoms with E-state index in [2.05, 4.69) is 19.6 Å². The number of nitrogens with two attached hydrogens (primary N) is 1. The first-order valence-corrected chi connectivity index (χ1v) is 5.17. The molecule has 1 unspecified atom stereocenters. The zero-order valence-corrected chi connectivity index (χ0v) is 9.20. The Kier molecular flexibility index (Phi) is 7.03. The first-order valence-electron chi connectivity index (χ1n) is 5.17. The van der Waals surface area contributed by atoms with E-state index in [0.29, 0.717) is 12.3 Å². The Balaban J connectivity index is 3.81. The van der Waals surface area contributed by atoms with E-state index in [9.17, 15) is 4.79 Å². The topological polar surface area (TPSA) is 43.1 Å². The normalized spacial score (nSPS) is 15.4. The summed E-state index contributed by atoms with van der Waals surface area (Å²) in [5.74, 6) is 0.612. The summed E-state index contributed by atoms with van der Waals surface area (Å²) in [6.45, 7) is 7.55. The number of carbonyl (C=O) groups is 1. The van der Waals surface area contributed by atoms with Crippen molar-refractivity contribution in [3.63, 3.8) is 0 Å². The van der Waals surface area contributed by atoms with Crippen LogP contribution in [0.25, 0.3) is 0 Å². The average Bonchev–Trinajstić information content (AvgIpc) is 2.16. The van der Waals surface area contributed by atoms with Crippen LogP contribution in [0.4, 0.5) is 0 Å². The Hall–Kier alpha value is -0.890. The van der Waals surface area contributed by atoms with E-state index in [0.717, 1.165) is 12.8 Å². The number of ketones is 1. The van der Waals surface area contributed by atoms with Gasteiger partial charge in [0.1, 0.15) is 5.78 Å². The molecule has 14 heavy (non-hydrogen) atoms. The summed E-state index contributed by atoms with van der Waals surface area (Å²) in [4.78, 5) is 11.2. The quantitative estimate of drug-likeness (QED) is 0.634. The van der Waals surface area contributed by atoms with E-state index in [-0.39, 0.29) is 11.8 Å². The minimum atomic E-state index is -0.285. The fraction of sp³-hybridized carbons (Fsp3) is 0.583. The molecule has 0 aliphatic carbocycles. The number of hydrogen-bond acceptors (Lipinski definition) is 2. The van der Waals surface area contributed by atoms with Gasteiger partial charge in [-0.05, 0) is 18.8 Å². The van der Waals surface area contributed by atoms with E-state index in [1.165, 1.54) is 0 Å². The minimum Gasteiger partial charge on any atom is -0.322 e. The standard InChI is InChI=1S/C12H21NO/c1-4-6-7-8-10(3)9-11(13)12(14)5-2/h4,6-7,10-11H,1,5,8-9,13H2,2-3H3/b7-6-/t10?,11-/m0/s1. The molecule has 0 spiro atoms. The molecule has 0 fully saturated rings. The van der Waals surface area contributed by atoms with Crippen LogP contribution >= 0.6 is 0 Å². The smallest absolute Gasteiger partial charge is 0.149 e. The molecule has 0 bridgehead atoms. The van der Waals surface area contributed by atoms with E-state index in [1.54, 1.807) is 6.08 Å². The van der Waals surface area contributed by atoms with E-state index in [1.807, 2.05) is 13.0 Å². The van der Waals surface area contributed by atoms with Gasteiger partial charge >= 0.3 is 0 Å². The van der Waals surface area contributed by atoms with Crippen molar-refractivity contribution in [1.82, 2.24) is 0 Å². The van der Waals surface area contributed by atoms with Gasteiger partial charge in [-0.15, -0.1) is 0 Å². The van der Waals surface area contributed by atoms with Crippen molar-refractivity contribution in [2.45, 2.75) is 39.2 Å². The lowest BCUT2D eigenvalue weighted by Gasteiger charge is -2.13. The van der Waals surface area contributed by atoms with Crippen LogP contribution in [0.15, 0.2) is 24.8 Å². The van der Waals surface area contributed by atoms with E-state index >= 15 is 0 Å². The third-order valence-corrected chi connectivity index (χ3v) is 2.23. The van der Waals surface area contributed by atoms with Crippen LogP contribution in [-0.2, 0) is 4.79 Å². The van der Waals surface area contributed by atoms with E-state index < -0.39 is 0 Å². The molecule has 0 aliphatic heterocycles. The second kappa shape index (κ2) is 7.51. The zero-order valence-electron chi connectivity index (χ0n) is 9.20. The van der Waals surface area contributed by atoms with Gasteiger partial charge in [0.15, 0.2) is 0 Å². The molecule has 0 radical (unpaired) electrons. The van der Waals surface area contributed by atoms with Crippen LogP contribution in [0.3, 0.4) is 0 Å². The van der Waals surface area contributed by atoms with Gasteiger partial charge in [0.05, 0.1) is 6.04 Å². The van der Waals surface area contributed by atoms with Gasteiger partial charge in [0.25, 0.3) is 0 Å². The van der Waals surface area contributed by atoms with Gasteiger partial charge in [0.2, 0.25) is 0 Å². The Morgan fingerprint density at radius 3 is 2.71 bits per heavy atom. The second-order valence-corrected chi connectivity index (χ2v) is 3.67. The molecule has 0 rings (SSSR count). The Labute approximate surface area is 86.9 Å². The molecule has 0 aromatic carbocycles. The molecular formula is C12H21NO. The fourth-order valence-corrected chi connectivity index (χ4v) is 1.33. The number of carbonyl (C=O) groups excluding carboxylic acids is 1. The predicted molar refractivity (Wildman–Crippen MR) is 61.0 cm³/mol. The van der Waals surface area contributed by atoms with Gasteiger partial charge in [-0.25, -0.2) is 0 Å². The molecule has 0 aromatic heterocycles. The van der Waals surface area contributed by atoms with Gasteiger partial charge in [0, 0.05) is 6.42 Å². The summed E-state index contributed by atoms with van der Waals surface area (Å²) in [7, 11) is 0. The highest BCUT2D eigenvalue weighted by molar-refractivity contribution is 5.83. The third kappa shape index (κ3) is 5.70. The van der Waals surface area contributed by atoms with Crippen molar-refractivity contribution in [2.75, 3.05) is 0 Å². The summed E-state index contributed by atoms with van der Waals surface area (Å²) >= 11 is 0. The average molecular weight is 195 g/mol. The summed E-state index contributed by atoms with van der Waals surface area (Å²) in [5, 5.41) is 0. The lowest BCUT2D eigenvalue weighted by molar-refractivity contribution is -0.120. The molecule has 2 heteroatoms. The van der Waals surface area contributed by atoms with Crippen molar-refractivity contribution in [3.8, 4) is 0 Å². The van der Waals surface area contributed by atoms with Crippen LogP contribution < -0.4 is 5.73 Å². The fourth-order valence-electron chi connectivity index (χ4n) is 1.33. The van der Waals surface area contributed by atoms with Crippen molar-refractivity contribution >= 4 is 5.78 Å². The van der Waals surface area contributed by atoms with Crippen LogP contribution in [0.2, 0.25) is 0 Å². The monoisotopic (exact) mass is 195 g/mol. The summed E-state index contributed by atoms with van der Waals surface area (Å²) < 4.78 is 0. The maximum Gasteiger partial charge on any atom is 0.149 e. The zero-order chi connectivity index (χ0) is 11.0. The van der Waals surface area contributed by atoms with Gasteiger partial charge in [-0.1, -0.05) is 38.7 Å². The van der Waals surface area contributed by atoms with Crippen LogP contribution in [-0.4, -0.2) is 11.8 Å². The molecular weight excluding hydrogens is 174 g/mol. The minimum absolute atomic E-state index is 0.157. The molecule has 0 saturated carbocycles. The summed E-state index contributed by atoms with van der Waals surface area (Å²) in [6, 6.07) is -0.285. The van der Waals surface area contributed by atoms with Crippen LogP contribution in [0, 0.1) is 5.92 Å². The Morgan fingerprint density at radius 2 is 2.21 bits per heavy atom. The van der Waals surface area contributed by atoms with Crippen molar-refractivity contribution in [1.29, 1.82) is 0 Å². The maximum atomic E-state index is 11.2. The lowest BCUT2D eigenvalue weighted by Crippen LogP contribution is -2.31. The van der Waals surface area contributed by atoms with Gasteiger partial charge in [-0.2, -0.15) is 0 Å². The maximum absolute atomic E-state index is 11.2. The van der Waals surface area contributed by atoms with Crippen LogP contribution in [0.5, 0.6) is 0 Å². The third-order valence-electron chi connectivity index (χ3n) is 2.23. The van der Waals surface area contributed by atoms with Crippen molar-refractivity contribution in [2.24, 2.45) is 11.7 Å². The predicted octanol–water partition coefficient (Wildman–Crippen LogP) is 2.45. The summed E-state index contributed by atoms with van der Waals surface area (Å²) in [5.41, 5.74) is 5.74. The number of Topliss-reactive ketones (excluding diaryl/α,β-unsaturated/α-hetero) is 1.